The molecule has 1 heterocycles. The summed E-state index contributed by atoms with van der Waals surface area (Å²) in [5.41, 5.74) is 5.74. The number of nitrogens with zero attached hydrogens (tertiary/aromatic N) is 2. The third-order valence-electron chi connectivity index (χ3n) is 7.99. The molecule has 0 unspecified atom stereocenters. The van der Waals surface area contributed by atoms with Crippen LogP contribution in [-0.2, 0) is 30.8 Å². The Morgan fingerprint density at radius 2 is 1.27 bits per heavy atom. The lowest BCUT2D eigenvalue weighted by atomic mass is 10.0. The number of benzene rings is 4. The van der Waals surface area contributed by atoms with E-state index in [2.05, 4.69) is 17.4 Å². The maximum Gasteiger partial charge on any atom is 0.229 e. The second-order valence-electron chi connectivity index (χ2n) is 11.3. The van der Waals surface area contributed by atoms with Crippen LogP contribution >= 0.6 is 0 Å². The maximum absolute atomic E-state index is 13.1. The molecular weight excluding hydrogens is 546 g/mol. The summed E-state index contributed by atoms with van der Waals surface area (Å²) in [5, 5.41) is 3.05. The standard InChI is InChI=1S/C38H37N3O3/c42-37(24-29-15-19-33(20-16-29)43-26-30-11-3-1-4-12-30)41-38-35(23-28-9-7-8-10-28)40-36(25-39-38)32-17-21-34(22-18-32)44-27-31-13-5-2-6-14-31/h1-6,11-22,25,28H,7-10,23-24,26-27H2,(H,39,41,42). The first-order valence-corrected chi connectivity index (χ1v) is 15.4. The Balaban J connectivity index is 1.10. The third-order valence-corrected chi connectivity index (χ3v) is 7.99. The molecule has 1 amide bonds. The van der Waals surface area contributed by atoms with E-state index >= 15 is 0 Å². The molecule has 6 heteroatoms. The van der Waals surface area contributed by atoms with Crippen molar-refractivity contribution in [2.45, 2.75) is 51.7 Å². The van der Waals surface area contributed by atoms with Gasteiger partial charge in [-0.2, -0.15) is 0 Å². The van der Waals surface area contributed by atoms with Gasteiger partial charge in [-0.3, -0.25) is 4.79 Å². The first-order valence-electron chi connectivity index (χ1n) is 15.4. The summed E-state index contributed by atoms with van der Waals surface area (Å²) in [6, 6.07) is 35.8. The van der Waals surface area contributed by atoms with Gasteiger partial charge in [0.25, 0.3) is 0 Å². The van der Waals surface area contributed by atoms with E-state index in [0.717, 1.165) is 51.6 Å². The number of aromatic nitrogens is 2. The molecular formula is C38H37N3O3. The quantitative estimate of drug-likeness (QED) is 0.160. The zero-order chi connectivity index (χ0) is 30.0. The molecule has 0 spiro atoms. The van der Waals surface area contributed by atoms with Gasteiger partial charge in [0.05, 0.1) is 24.0 Å². The summed E-state index contributed by atoms with van der Waals surface area (Å²) in [4.78, 5) is 22.8. The average Bonchev–Trinajstić information content (AvgIpc) is 3.59. The van der Waals surface area contributed by atoms with E-state index in [1.165, 1.54) is 25.7 Å². The van der Waals surface area contributed by atoms with Gasteiger partial charge in [-0.05, 0) is 65.4 Å². The molecule has 4 aromatic carbocycles. The van der Waals surface area contributed by atoms with E-state index in [4.69, 9.17) is 19.4 Å². The van der Waals surface area contributed by atoms with Crippen LogP contribution in [0.25, 0.3) is 11.3 Å². The number of carbonyl (C=O) groups excluding carboxylic acids is 1. The van der Waals surface area contributed by atoms with Crippen LogP contribution in [0, 0.1) is 5.92 Å². The molecule has 1 fully saturated rings. The average molecular weight is 584 g/mol. The molecule has 0 radical (unpaired) electrons. The van der Waals surface area contributed by atoms with Crippen molar-refractivity contribution in [2.24, 2.45) is 5.92 Å². The fraction of sp³-hybridized carbons (Fsp3) is 0.237. The molecule has 0 atom stereocenters. The molecule has 6 rings (SSSR count). The molecule has 1 aromatic heterocycles. The van der Waals surface area contributed by atoms with Gasteiger partial charge in [0, 0.05) is 5.56 Å². The van der Waals surface area contributed by atoms with Crippen LogP contribution in [0.3, 0.4) is 0 Å². The number of ether oxygens (including phenoxy) is 2. The van der Waals surface area contributed by atoms with Crippen molar-refractivity contribution in [2.75, 3.05) is 5.32 Å². The highest BCUT2D eigenvalue weighted by molar-refractivity contribution is 5.92. The highest BCUT2D eigenvalue weighted by atomic mass is 16.5. The fourth-order valence-electron chi connectivity index (χ4n) is 5.57. The molecule has 1 saturated carbocycles. The summed E-state index contributed by atoms with van der Waals surface area (Å²) < 4.78 is 11.8. The van der Waals surface area contributed by atoms with Crippen molar-refractivity contribution >= 4 is 11.7 Å². The SMILES string of the molecule is O=C(Cc1ccc(OCc2ccccc2)cc1)Nc1ncc(-c2ccc(OCc3ccccc3)cc2)nc1CC1CCCC1. The molecule has 6 nitrogen and oxygen atoms in total. The fourth-order valence-corrected chi connectivity index (χ4v) is 5.57. The Kier molecular flexibility index (Phi) is 9.58. The van der Waals surface area contributed by atoms with Gasteiger partial charge in [0.15, 0.2) is 5.82 Å². The molecule has 222 valence electrons. The molecule has 1 aliphatic carbocycles. The van der Waals surface area contributed by atoms with Crippen LogP contribution in [0.4, 0.5) is 5.82 Å². The number of carbonyl (C=O) groups is 1. The van der Waals surface area contributed by atoms with Crippen molar-refractivity contribution in [1.29, 1.82) is 0 Å². The van der Waals surface area contributed by atoms with Crippen LogP contribution in [-0.4, -0.2) is 15.9 Å². The van der Waals surface area contributed by atoms with Crippen LogP contribution in [0.15, 0.2) is 115 Å². The second-order valence-corrected chi connectivity index (χ2v) is 11.3. The summed E-state index contributed by atoms with van der Waals surface area (Å²) in [6.45, 7) is 1.03. The number of amides is 1. The highest BCUT2D eigenvalue weighted by Crippen LogP contribution is 2.31. The van der Waals surface area contributed by atoms with Crippen molar-refractivity contribution in [3.05, 3.63) is 138 Å². The topological polar surface area (TPSA) is 73.3 Å². The van der Waals surface area contributed by atoms with Gasteiger partial charge >= 0.3 is 0 Å². The van der Waals surface area contributed by atoms with E-state index in [9.17, 15) is 4.79 Å². The minimum atomic E-state index is -0.113. The van der Waals surface area contributed by atoms with Crippen LogP contribution in [0.1, 0.15) is 48.1 Å². The first kappa shape index (κ1) is 29.1. The smallest absolute Gasteiger partial charge is 0.229 e. The van der Waals surface area contributed by atoms with Crippen molar-refractivity contribution in [3.8, 4) is 22.8 Å². The van der Waals surface area contributed by atoms with Crippen LogP contribution in [0.2, 0.25) is 0 Å². The lowest BCUT2D eigenvalue weighted by Gasteiger charge is -2.15. The summed E-state index contributed by atoms with van der Waals surface area (Å²) in [6.07, 6.45) is 7.66. The number of hydrogen-bond donors (Lipinski definition) is 1. The zero-order valence-corrected chi connectivity index (χ0v) is 24.8. The van der Waals surface area contributed by atoms with Crippen molar-refractivity contribution in [3.63, 3.8) is 0 Å². The Bertz CT molecular complexity index is 1630. The molecule has 44 heavy (non-hydrogen) atoms. The number of nitrogens with one attached hydrogen (secondary N) is 1. The summed E-state index contributed by atoms with van der Waals surface area (Å²) in [7, 11) is 0. The van der Waals surface area contributed by atoms with Gasteiger partial charge in [0.2, 0.25) is 5.91 Å². The number of anilines is 1. The van der Waals surface area contributed by atoms with E-state index < -0.39 is 0 Å². The third kappa shape index (κ3) is 8.10. The largest absolute Gasteiger partial charge is 0.489 e. The normalized spacial score (nSPS) is 13.0. The maximum atomic E-state index is 13.1. The van der Waals surface area contributed by atoms with Gasteiger partial charge in [-0.1, -0.05) is 98.5 Å². The van der Waals surface area contributed by atoms with Crippen molar-refractivity contribution < 1.29 is 14.3 Å². The van der Waals surface area contributed by atoms with E-state index in [1.807, 2.05) is 97.1 Å². The Morgan fingerprint density at radius 3 is 1.86 bits per heavy atom. The lowest BCUT2D eigenvalue weighted by molar-refractivity contribution is -0.115. The second kappa shape index (κ2) is 14.5. The summed E-state index contributed by atoms with van der Waals surface area (Å²) >= 11 is 0. The first-order chi connectivity index (χ1) is 21.7. The van der Waals surface area contributed by atoms with Gasteiger partial charge < -0.3 is 14.8 Å². The molecule has 0 saturated heterocycles. The zero-order valence-electron chi connectivity index (χ0n) is 24.8. The number of rotatable bonds is 12. The predicted octanol–water partition coefficient (Wildman–Crippen LogP) is 8.22. The van der Waals surface area contributed by atoms with Crippen molar-refractivity contribution in [1.82, 2.24) is 9.97 Å². The highest BCUT2D eigenvalue weighted by Gasteiger charge is 2.20. The molecule has 1 N–H and O–H groups in total. The van der Waals surface area contributed by atoms with Gasteiger partial charge in [-0.15, -0.1) is 0 Å². The summed E-state index contributed by atoms with van der Waals surface area (Å²) in [5.74, 6) is 2.58. The van der Waals surface area contributed by atoms with Crippen LogP contribution in [0.5, 0.6) is 11.5 Å². The van der Waals surface area contributed by atoms with E-state index in [1.54, 1.807) is 6.20 Å². The molecule has 1 aliphatic rings. The van der Waals surface area contributed by atoms with Gasteiger partial charge in [0.1, 0.15) is 24.7 Å². The van der Waals surface area contributed by atoms with Crippen LogP contribution < -0.4 is 14.8 Å². The Hall–Kier alpha value is -4.97. The monoisotopic (exact) mass is 583 g/mol. The molecule has 5 aromatic rings. The van der Waals surface area contributed by atoms with Gasteiger partial charge in [-0.25, -0.2) is 9.97 Å². The molecule has 0 aliphatic heterocycles. The minimum absolute atomic E-state index is 0.113. The van der Waals surface area contributed by atoms with E-state index in [0.29, 0.717) is 24.9 Å². The predicted molar refractivity (Wildman–Crippen MR) is 173 cm³/mol. The van der Waals surface area contributed by atoms with E-state index in [-0.39, 0.29) is 12.3 Å². The Labute approximate surface area is 259 Å². The Morgan fingerprint density at radius 1 is 0.705 bits per heavy atom. The lowest BCUT2D eigenvalue weighted by Crippen LogP contribution is -2.18. The minimum Gasteiger partial charge on any atom is -0.489 e. The molecule has 0 bridgehead atoms. The number of hydrogen-bond acceptors (Lipinski definition) is 5.